The number of esters is 1. The van der Waals surface area contributed by atoms with Gasteiger partial charge in [-0.05, 0) is 44.9 Å². The van der Waals surface area contributed by atoms with E-state index in [1.165, 1.54) is 17.0 Å². The van der Waals surface area contributed by atoms with Gasteiger partial charge in [-0.3, -0.25) is 4.79 Å². The number of benzene rings is 1. The zero-order chi connectivity index (χ0) is 18.0. The molecule has 8 heteroatoms. The first-order valence-electron chi connectivity index (χ1n) is 7.52. The number of amides is 1. The molecule has 1 atom stereocenters. The molecule has 0 radical (unpaired) electrons. The Labute approximate surface area is 137 Å². The van der Waals surface area contributed by atoms with Gasteiger partial charge in [0.05, 0.1) is 6.61 Å². The van der Waals surface area contributed by atoms with Gasteiger partial charge in [0.15, 0.2) is 0 Å². The minimum atomic E-state index is -4.84. The van der Waals surface area contributed by atoms with Crippen LogP contribution in [0.4, 0.5) is 13.2 Å². The summed E-state index contributed by atoms with van der Waals surface area (Å²) in [4.78, 5) is 26.2. The molecule has 1 saturated heterocycles. The quantitative estimate of drug-likeness (QED) is 0.787. The Morgan fingerprint density at radius 2 is 2.04 bits per heavy atom. The summed E-state index contributed by atoms with van der Waals surface area (Å²) >= 11 is 0. The number of likely N-dealkylation sites (tertiary alicyclic amines) is 1. The molecule has 5 nitrogen and oxygen atoms in total. The van der Waals surface area contributed by atoms with Gasteiger partial charge in [-0.1, -0.05) is 6.07 Å². The highest BCUT2D eigenvalue weighted by Crippen LogP contribution is 2.32. The molecule has 2 rings (SSSR count). The van der Waals surface area contributed by atoms with Crippen molar-refractivity contribution >= 4 is 11.9 Å². The predicted octanol–water partition coefficient (Wildman–Crippen LogP) is 3.14. The van der Waals surface area contributed by atoms with Crippen LogP contribution in [0.1, 0.15) is 37.0 Å². The van der Waals surface area contributed by atoms with Gasteiger partial charge < -0.3 is 14.4 Å². The van der Waals surface area contributed by atoms with E-state index >= 15 is 0 Å². The molecular formula is C16H18F3NO4. The molecule has 0 saturated carbocycles. The fourth-order valence-corrected chi connectivity index (χ4v) is 2.77. The molecule has 0 spiro atoms. The van der Waals surface area contributed by atoms with E-state index in [1.807, 2.05) is 0 Å². The third kappa shape index (κ3) is 3.80. The standard InChI is InChI=1S/C16H18F3NO4/c1-3-23-14(22)15(2)8-5-9-20(15)13(21)11-6-4-7-12(10-11)24-16(17,18)19/h4,6-7,10H,3,5,8-9H2,1-2H3. The van der Waals surface area contributed by atoms with Crippen LogP contribution in [0, 0.1) is 0 Å². The highest BCUT2D eigenvalue weighted by atomic mass is 19.4. The zero-order valence-corrected chi connectivity index (χ0v) is 13.4. The van der Waals surface area contributed by atoms with E-state index in [2.05, 4.69) is 4.74 Å². The topological polar surface area (TPSA) is 55.8 Å². The highest BCUT2D eigenvalue weighted by Gasteiger charge is 2.47. The van der Waals surface area contributed by atoms with Crippen LogP contribution in [0.2, 0.25) is 0 Å². The maximum absolute atomic E-state index is 12.7. The number of rotatable bonds is 4. The number of hydrogen-bond donors (Lipinski definition) is 0. The van der Waals surface area contributed by atoms with Crippen molar-refractivity contribution in [2.45, 2.75) is 38.6 Å². The fourth-order valence-electron chi connectivity index (χ4n) is 2.77. The minimum Gasteiger partial charge on any atom is -0.464 e. The lowest BCUT2D eigenvalue weighted by Crippen LogP contribution is -2.51. The Kier molecular flexibility index (Phi) is 5.05. The maximum Gasteiger partial charge on any atom is 0.573 e. The Morgan fingerprint density at radius 1 is 1.33 bits per heavy atom. The summed E-state index contributed by atoms with van der Waals surface area (Å²) in [6.45, 7) is 3.79. The Hall–Kier alpha value is -2.25. The first-order chi connectivity index (χ1) is 11.2. The van der Waals surface area contributed by atoms with E-state index in [0.717, 1.165) is 12.1 Å². The zero-order valence-electron chi connectivity index (χ0n) is 13.4. The SMILES string of the molecule is CCOC(=O)C1(C)CCCN1C(=O)c1cccc(OC(F)(F)F)c1. The molecule has 1 unspecified atom stereocenters. The normalized spacial score (nSPS) is 20.8. The second kappa shape index (κ2) is 6.70. The van der Waals surface area contributed by atoms with Crippen LogP contribution >= 0.6 is 0 Å². The molecule has 1 amide bonds. The van der Waals surface area contributed by atoms with Crippen LogP contribution in [0.3, 0.4) is 0 Å². The summed E-state index contributed by atoms with van der Waals surface area (Å²) in [5.41, 5.74) is -1.09. The predicted molar refractivity (Wildman–Crippen MR) is 78.4 cm³/mol. The summed E-state index contributed by atoms with van der Waals surface area (Å²) < 4.78 is 45.8. The number of alkyl halides is 3. The number of carbonyl (C=O) groups excluding carboxylic acids is 2. The monoisotopic (exact) mass is 345 g/mol. The molecule has 1 aromatic carbocycles. The van der Waals surface area contributed by atoms with Crippen LogP contribution in [-0.4, -0.2) is 41.8 Å². The van der Waals surface area contributed by atoms with E-state index in [4.69, 9.17) is 4.74 Å². The Balaban J connectivity index is 2.24. The van der Waals surface area contributed by atoms with Crippen molar-refractivity contribution in [1.82, 2.24) is 4.90 Å². The molecular weight excluding hydrogens is 327 g/mol. The lowest BCUT2D eigenvalue weighted by atomic mass is 9.98. The molecule has 0 N–H and O–H groups in total. The molecule has 1 aromatic rings. The summed E-state index contributed by atoms with van der Waals surface area (Å²) in [6.07, 6.45) is -3.79. The van der Waals surface area contributed by atoms with Crippen LogP contribution in [0.5, 0.6) is 5.75 Å². The van der Waals surface area contributed by atoms with Crippen LogP contribution in [0.15, 0.2) is 24.3 Å². The van der Waals surface area contributed by atoms with Crippen LogP contribution < -0.4 is 4.74 Å². The number of hydrogen-bond acceptors (Lipinski definition) is 4. The van der Waals surface area contributed by atoms with Crippen molar-refractivity contribution in [3.05, 3.63) is 29.8 Å². The van der Waals surface area contributed by atoms with Crippen molar-refractivity contribution < 1.29 is 32.2 Å². The first kappa shape index (κ1) is 18.1. The van der Waals surface area contributed by atoms with Crippen LogP contribution in [0.25, 0.3) is 0 Å². The number of nitrogens with zero attached hydrogens (tertiary/aromatic N) is 1. The van der Waals surface area contributed by atoms with Gasteiger partial charge in [-0.15, -0.1) is 13.2 Å². The molecule has 0 aliphatic carbocycles. The fraction of sp³-hybridized carbons (Fsp3) is 0.500. The third-order valence-electron chi connectivity index (χ3n) is 3.92. The van der Waals surface area contributed by atoms with Crippen molar-refractivity contribution in [1.29, 1.82) is 0 Å². The summed E-state index contributed by atoms with van der Waals surface area (Å²) in [7, 11) is 0. The average Bonchev–Trinajstić information content (AvgIpc) is 2.88. The largest absolute Gasteiger partial charge is 0.573 e. The maximum atomic E-state index is 12.7. The minimum absolute atomic E-state index is 0.0224. The van der Waals surface area contributed by atoms with Gasteiger partial charge in [0, 0.05) is 12.1 Å². The van der Waals surface area contributed by atoms with E-state index in [1.54, 1.807) is 13.8 Å². The third-order valence-corrected chi connectivity index (χ3v) is 3.92. The van der Waals surface area contributed by atoms with Crippen LogP contribution in [-0.2, 0) is 9.53 Å². The molecule has 1 fully saturated rings. The molecule has 132 valence electrons. The van der Waals surface area contributed by atoms with Gasteiger partial charge in [0.2, 0.25) is 0 Å². The lowest BCUT2D eigenvalue weighted by Gasteiger charge is -2.33. The molecule has 24 heavy (non-hydrogen) atoms. The highest BCUT2D eigenvalue weighted by molar-refractivity contribution is 5.98. The molecule has 1 aliphatic heterocycles. The van der Waals surface area contributed by atoms with Gasteiger partial charge in [0.1, 0.15) is 11.3 Å². The second-order valence-corrected chi connectivity index (χ2v) is 5.63. The Bertz CT molecular complexity index is 632. The molecule has 1 aliphatic rings. The van der Waals surface area contributed by atoms with E-state index in [9.17, 15) is 22.8 Å². The number of carbonyl (C=O) groups is 2. The summed E-state index contributed by atoms with van der Waals surface area (Å²) in [6, 6.07) is 4.81. The van der Waals surface area contributed by atoms with Crippen molar-refractivity contribution in [3.8, 4) is 5.75 Å². The molecule has 0 bridgehead atoms. The van der Waals surface area contributed by atoms with Crippen molar-refractivity contribution in [2.75, 3.05) is 13.2 Å². The smallest absolute Gasteiger partial charge is 0.464 e. The van der Waals surface area contributed by atoms with E-state index < -0.39 is 29.5 Å². The number of halogens is 3. The summed E-state index contributed by atoms with van der Waals surface area (Å²) in [5, 5.41) is 0. The van der Waals surface area contributed by atoms with Gasteiger partial charge in [-0.2, -0.15) is 0 Å². The first-order valence-corrected chi connectivity index (χ1v) is 7.52. The molecule has 1 heterocycles. The summed E-state index contributed by atoms with van der Waals surface area (Å²) in [5.74, 6) is -1.53. The average molecular weight is 345 g/mol. The lowest BCUT2D eigenvalue weighted by molar-refractivity contribution is -0.274. The van der Waals surface area contributed by atoms with Crippen molar-refractivity contribution in [3.63, 3.8) is 0 Å². The van der Waals surface area contributed by atoms with Gasteiger partial charge >= 0.3 is 12.3 Å². The van der Waals surface area contributed by atoms with E-state index in [0.29, 0.717) is 19.4 Å². The van der Waals surface area contributed by atoms with Gasteiger partial charge in [-0.25, -0.2) is 4.79 Å². The van der Waals surface area contributed by atoms with Crippen molar-refractivity contribution in [2.24, 2.45) is 0 Å². The van der Waals surface area contributed by atoms with E-state index in [-0.39, 0.29) is 12.2 Å². The Morgan fingerprint density at radius 3 is 2.67 bits per heavy atom. The molecule has 0 aromatic heterocycles. The van der Waals surface area contributed by atoms with Gasteiger partial charge in [0.25, 0.3) is 5.91 Å². The number of ether oxygens (including phenoxy) is 2. The second-order valence-electron chi connectivity index (χ2n) is 5.63.